The number of carbonyl (C=O) groups excluding carboxylic acids is 3. The normalized spacial score (nSPS) is 13.2. The lowest BCUT2D eigenvalue weighted by Gasteiger charge is -2.34. The smallest absolute Gasteiger partial charge is 0.420 e. The number of thiazole rings is 1. The molecule has 0 unspecified atom stereocenters. The largest absolute Gasteiger partial charge is 0.443 e. The minimum atomic E-state index is -0.867. The number of hydrogen-bond donors (Lipinski definition) is 1. The third kappa shape index (κ3) is 8.10. The predicted molar refractivity (Wildman–Crippen MR) is 110 cm³/mol. The number of aromatic nitrogens is 1. The maximum absolute atomic E-state index is 12.8. The lowest BCUT2D eigenvalue weighted by molar-refractivity contribution is -0.0118. The number of Topliss-reactive ketones (excluding diaryl/α,β-unsaturated/α-hetero) is 1. The Hall–Kier alpha value is -2.00. The summed E-state index contributed by atoms with van der Waals surface area (Å²) < 4.78 is 10.8. The van der Waals surface area contributed by atoms with Crippen molar-refractivity contribution in [1.29, 1.82) is 0 Å². The Kier molecular flexibility index (Phi) is 8.35. The van der Waals surface area contributed by atoms with Crippen LogP contribution in [-0.2, 0) is 16.1 Å². The molecule has 0 radical (unpaired) electrons. The Bertz CT molecular complexity index is 702. The van der Waals surface area contributed by atoms with Crippen LogP contribution in [0.5, 0.6) is 0 Å². The molecule has 0 aliphatic heterocycles. The summed E-state index contributed by atoms with van der Waals surface area (Å²) in [6.07, 6.45) is -1.86. The van der Waals surface area contributed by atoms with E-state index in [4.69, 9.17) is 14.6 Å². The van der Waals surface area contributed by atoms with Gasteiger partial charge in [0, 0.05) is 11.8 Å². The summed E-state index contributed by atoms with van der Waals surface area (Å²) in [5.41, 5.74) is -1.25. The van der Waals surface area contributed by atoms with Gasteiger partial charge in [-0.05, 0) is 47.5 Å². The van der Waals surface area contributed by atoms with Gasteiger partial charge in [0.1, 0.15) is 11.2 Å². The topological polar surface area (TPSA) is 106 Å². The fourth-order valence-corrected chi connectivity index (χ4v) is 3.14. The second-order valence-corrected chi connectivity index (χ2v) is 9.93. The molecule has 29 heavy (non-hydrogen) atoms. The molecule has 1 aromatic rings. The van der Waals surface area contributed by atoms with Crippen LogP contribution < -0.4 is 0 Å². The first-order chi connectivity index (χ1) is 13.1. The molecular weight excluding hydrogens is 396 g/mol. The zero-order valence-corrected chi connectivity index (χ0v) is 19.3. The summed E-state index contributed by atoms with van der Waals surface area (Å²) in [5.74, 6) is -0.568. The quantitative estimate of drug-likeness (QED) is 0.669. The van der Waals surface area contributed by atoms with E-state index in [0.29, 0.717) is 5.69 Å². The third-order valence-corrected chi connectivity index (χ3v) is 4.56. The highest BCUT2D eigenvalue weighted by Crippen LogP contribution is 2.24. The van der Waals surface area contributed by atoms with Crippen LogP contribution >= 0.6 is 11.3 Å². The SMILES string of the molecule is CC(C)[C@@H](CC(=O)c1nc(CO)cs1)N(C(=O)OC(C)(C)C)C(=O)OC(C)(C)C. The van der Waals surface area contributed by atoms with Gasteiger partial charge in [-0.15, -0.1) is 11.3 Å². The van der Waals surface area contributed by atoms with Crippen LogP contribution in [0.25, 0.3) is 0 Å². The van der Waals surface area contributed by atoms with E-state index in [2.05, 4.69) is 4.98 Å². The van der Waals surface area contributed by atoms with Crippen LogP contribution in [0, 0.1) is 5.92 Å². The van der Waals surface area contributed by atoms with Gasteiger partial charge in [0.15, 0.2) is 10.8 Å². The van der Waals surface area contributed by atoms with E-state index in [9.17, 15) is 14.4 Å². The number of rotatable bonds is 6. The van der Waals surface area contributed by atoms with Crippen LogP contribution in [0.2, 0.25) is 0 Å². The van der Waals surface area contributed by atoms with E-state index in [0.717, 1.165) is 16.2 Å². The van der Waals surface area contributed by atoms with Gasteiger partial charge in [0.2, 0.25) is 0 Å². The summed E-state index contributed by atoms with van der Waals surface area (Å²) in [7, 11) is 0. The van der Waals surface area contributed by atoms with Crippen LogP contribution in [0.3, 0.4) is 0 Å². The summed E-state index contributed by atoms with van der Waals surface area (Å²) in [6.45, 7) is 13.5. The number of nitrogens with zero attached hydrogens (tertiary/aromatic N) is 2. The Morgan fingerprint density at radius 1 is 1.07 bits per heavy atom. The van der Waals surface area contributed by atoms with Crippen molar-refractivity contribution in [2.24, 2.45) is 5.92 Å². The molecule has 1 aromatic heterocycles. The van der Waals surface area contributed by atoms with Gasteiger partial charge in [0.25, 0.3) is 0 Å². The molecule has 0 spiro atoms. The molecule has 1 rings (SSSR count). The van der Waals surface area contributed by atoms with Gasteiger partial charge in [0.05, 0.1) is 18.3 Å². The van der Waals surface area contributed by atoms with Crippen molar-refractivity contribution >= 4 is 29.3 Å². The minimum Gasteiger partial charge on any atom is -0.443 e. The fraction of sp³-hybridized carbons (Fsp3) is 0.700. The summed E-state index contributed by atoms with van der Waals surface area (Å²) >= 11 is 1.11. The van der Waals surface area contributed by atoms with Crippen molar-refractivity contribution in [3.63, 3.8) is 0 Å². The second-order valence-electron chi connectivity index (χ2n) is 9.07. The number of aliphatic hydroxyl groups excluding tert-OH is 1. The standard InChI is InChI=1S/C20H32N2O6S/c1-12(2)14(9-15(24)16-21-13(10-23)11-29-16)22(17(25)27-19(3,4)5)18(26)28-20(6,7)8/h11-12,14,23H,9-10H2,1-8H3/t14-/m1/s1. The number of ketones is 1. The average Bonchev–Trinajstić information content (AvgIpc) is 2.99. The number of aliphatic hydroxyl groups is 1. The van der Waals surface area contributed by atoms with Crippen LogP contribution in [0.15, 0.2) is 5.38 Å². The van der Waals surface area contributed by atoms with Crippen molar-refractivity contribution in [2.75, 3.05) is 0 Å². The highest BCUT2D eigenvalue weighted by atomic mass is 32.1. The minimum absolute atomic E-state index is 0.130. The molecule has 0 saturated heterocycles. The van der Waals surface area contributed by atoms with Gasteiger partial charge in [-0.25, -0.2) is 19.5 Å². The first-order valence-corrected chi connectivity index (χ1v) is 10.4. The van der Waals surface area contributed by atoms with E-state index in [-0.39, 0.29) is 29.7 Å². The average molecular weight is 429 g/mol. The molecule has 1 heterocycles. The van der Waals surface area contributed by atoms with E-state index >= 15 is 0 Å². The second kappa shape index (κ2) is 9.67. The number of carbonyl (C=O) groups is 3. The monoisotopic (exact) mass is 428 g/mol. The molecular formula is C20H32N2O6S. The molecule has 0 fully saturated rings. The van der Waals surface area contributed by atoms with Crippen LogP contribution in [0.4, 0.5) is 9.59 Å². The fourth-order valence-electron chi connectivity index (χ4n) is 2.38. The van der Waals surface area contributed by atoms with Crippen molar-refractivity contribution in [3.8, 4) is 0 Å². The van der Waals surface area contributed by atoms with Crippen LogP contribution in [0.1, 0.15) is 77.3 Å². The maximum Gasteiger partial charge on any atom is 0.420 e. The first-order valence-electron chi connectivity index (χ1n) is 9.48. The molecule has 0 aliphatic carbocycles. The Morgan fingerprint density at radius 2 is 1.55 bits per heavy atom. The zero-order valence-electron chi connectivity index (χ0n) is 18.4. The number of ether oxygens (including phenoxy) is 2. The molecule has 2 amide bonds. The highest BCUT2D eigenvalue weighted by molar-refractivity contribution is 7.11. The maximum atomic E-state index is 12.8. The zero-order chi connectivity index (χ0) is 22.6. The Labute approximate surface area is 176 Å². The molecule has 9 heteroatoms. The van der Waals surface area contributed by atoms with Gasteiger partial charge < -0.3 is 14.6 Å². The summed E-state index contributed by atoms with van der Waals surface area (Å²) in [5, 5.41) is 11.0. The van der Waals surface area contributed by atoms with Gasteiger partial charge in [-0.1, -0.05) is 13.8 Å². The highest BCUT2D eigenvalue weighted by Gasteiger charge is 2.39. The van der Waals surface area contributed by atoms with Gasteiger partial charge in [-0.2, -0.15) is 0 Å². The lowest BCUT2D eigenvalue weighted by atomic mass is 9.97. The van der Waals surface area contributed by atoms with E-state index in [1.807, 2.05) is 0 Å². The van der Waals surface area contributed by atoms with Crippen molar-refractivity contribution in [3.05, 3.63) is 16.1 Å². The number of amides is 2. The number of hydrogen-bond acceptors (Lipinski definition) is 8. The van der Waals surface area contributed by atoms with Crippen molar-refractivity contribution in [2.45, 2.75) is 85.7 Å². The van der Waals surface area contributed by atoms with E-state index in [1.54, 1.807) is 60.8 Å². The summed E-state index contributed by atoms with van der Waals surface area (Å²) in [6, 6.07) is -0.784. The Balaban J connectivity index is 3.21. The molecule has 8 nitrogen and oxygen atoms in total. The molecule has 0 bridgehead atoms. The number of imide groups is 1. The van der Waals surface area contributed by atoms with E-state index in [1.165, 1.54) is 0 Å². The van der Waals surface area contributed by atoms with Gasteiger partial charge >= 0.3 is 12.2 Å². The molecule has 0 aromatic carbocycles. The van der Waals surface area contributed by atoms with Crippen molar-refractivity contribution < 1.29 is 29.0 Å². The van der Waals surface area contributed by atoms with E-state index < -0.39 is 29.4 Å². The molecule has 1 atom stereocenters. The van der Waals surface area contributed by atoms with Crippen LogP contribution in [-0.4, -0.2) is 50.2 Å². The Morgan fingerprint density at radius 3 is 1.90 bits per heavy atom. The molecule has 0 aliphatic rings. The molecule has 1 N–H and O–H groups in total. The third-order valence-electron chi connectivity index (χ3n) is 3.63. The predicted octanol–water partition coefficient (Wildman–Crippen LogP) is 4.41. The summed E-state index contributed by atoms with van der Waals surface area (Å²) in [4.78, 5) is 43.4. The first kappa shape index (κ1) is 25.0. The van der Waals surface area contributed by atoms with Gasteiger partial charge in [-0.3, -0.25) is 4.79 Å². The molecule has 0 saturated carbocycles. The lowest BCUT2D eigenvalue weighted by Crippen LogP contribution is -2.51. The molecule has 164 valence electrons. The van der Waals surface area contributed by atoms with Crippen molar-refractivity contribution in [1.82, 2.24) is 9.88 Å².